The molecule has 0 saturated carbocycles. The third kappa shape index (κ3) is 3.26. The zero-order valence-corrected chi connectivity index (χ0v) is 13.5. The molecule has 0 aliphatic rings. The van der Waals surface area contributed by atoms with Crippen molar-refractivity contribution in [2.75, 3.05) is 18.5 Å². The summed E-state index contributed by atoms with van der Waals surface area (Å²) in [6, 6.07) is 8.80. The molecule has 0 fully saturated rings. The van der Waals surface area contributed by atoms with E-state index in [-0.39, 0.29) is 18.3 Å². The van der Waals surface area contributed by atoms with Crippen LogP contribution in [0.1, 0.15) is 4.88 Å². The number of amides is 1. The summed E-state index contributed by atoms with van der Waals surface area (Å²) in [6.07, 6.45) is 0. The van der Waals surface area contributed by atoms with Gasteiger partial charge in [-0.2, -0.15) is 0 Å². The quantitative estimate of drug-likeness (QED) is 0.778. The summed E-state index contributed by atoms with van der Waals surface area (Å²) in [5.74, 6) is -0.425. The number of fused-ring (bicyclic) bond motifs is 1. The lowest BCUT2D eigenvalue weighted by Crippen LogP contribution is -2.34. The second-order valence-corrected chi connectivity index (χ2v) is 6.84. The molecule has 22 heavy (non-hydrogen) atoms. The predicted octanol–water partition coefficient (Wildman–Crippen LogP) is 3.25. The lowest BCUT2D eigenvalue weighted by molar-refractivity contribution is -0.119. The van der Waals surface area contributed by atoms with E-state index in [4.69, 9.17) is 0 Å². The van der Waals surface area contributed by atoms with Crippen molar-refractivity contribution in [1.82, 2.24) is 10.3 Å². The second-order valence-electron chi connectivity index (χ2n) is 4.80. The van der Waals surface area contributed by atoms with Gasteiger partial charge in [0, 0.05) is 11.9 Å². The minimum absolute atomic E-state index is 0.0874. The summed E-state index contributed by atoms with van der Waals surface area (Å²) in [7, 11) is 1.78. The van der Waals surface area contributed by atoms with Crippen molar-refractivity contribution >= 4 is 43.9 Å². The molecule has 0 bridgehead atoms. The van der Waals surface area contributed by atoms with Crippen LogP contribution in [0.25, 0.3) is 10.2 Å². The molecular formula is C15H14FN3OS2. The number of likely N-dealkylation sites (N-methyl/N-ethyl adjacent to an activating group) is 1. The van der Waals surface area contributed by atoms with Crippen LogP contribution >= 0.6 is 22.7 Å². The van der Waals surface area contributed by atoms with Crippen LogP contribution in [0.2, 0.25) is 0 Å². The Bertz CT molecular complexity index is 785. The number of nitrogens with one attached hydrogen (secondary N) is 1. The van der Waals surface area contributed by atoms with Gasteiger partial charge < -0.3 is 10.2 Å². The molecule has 0 saturated heterocycles. The number of aromatic nitrogens is 1. The average molecular weight is 335 g/mol. The maximum absolute atomic E-state index is 13.7. The molecule has 1 amide bonds. The molecule has 114 valence electrons. The van der Waals surface area contributed by atoms with Crippen LogP contribution in [0.5, 0.6) is 0 Å². The number of rotatable bonds is 5. The third-order valence-corrected chi connectivity index (χ3v) is 5.12. The highest BCUT2D eigenvalue weighted by atomic mass is 32.1. The van der Waals surface area contributed by atoms with E-state index in [2.05, 4.69) is 10.3 Å². The van der Waals surface area contributed by atoms with Gasteiger partial charge in [-0.3, -0.25) is 4.79 Å². The topological polar surface area (TPSA) is 45.2 Å². The Hall–Kier alpha value is -1.99. The third-order valence-electron chi connectivity index (χ3n) is 3.11. The molecule has 0 atom stereocenters. The standard InChI is InChI=1S/C15H14FN3OS2/c1-19(9-13(20)17-8-10-4-3-7-21-10)15-18-14-11(16)5-2-6-12(14)22-15/h2-7H,8-9H2,1H3,(H,17,20). The highest BCUT2D eigenvalue weighted by Gasteiger charge is 2.13. The number of nitrogens with zero attached hydrogens (tertiary/aromatic N) is 2. The fourth-order valence-electron chi connectivity index (χ4n) is 2.00. The van der Waals surface area contributed by atoms with Gasteiger partial charge >= 0.3 is 0 Å². The van der Waals surface area contributed by atoms with Gasteiger partial charge in [0.15, 0.2) is 5.13 Å². The highest BCUT2D eigenvalue weighted by molar-refractivity contribution is 7.22. The fourth-order valence-corrected chi connectivity index (χ4v) is 3.59. The Labute approximate surface area is 135 Å². The van der Waals surface area contributed by atoms with E-state index in [0.29, 0.717) is 17.2 Å². The van der Waals surface area contributed by atoms with E-state index in [1.54, 1.807) is 29.4 Å². The van der Waals surface area contributed by atoms with Gasteiger partial charge in [-0.25, -0.2) is 9.37 Å². The van der Waals surface area contributed by atoms with Gasteiger partial charge in [0.1, 0.15) is 11.3 Å². The molecule has 2 aromatic heterocycles. The molecule has 7 heteroatoms. The lowest BCUT2D eigenvalue weighted by Gasteiger charge is -2.14. The second kappa shape index (κ2) is 6.41. The molecule has 2 heterocycles. The number of hydrogen-bond donors (Lipinski definition) is 1. The number of carbonyl (C=O) groups is 1. The van der Waals surface area contributed by atoms with Gasteiger partial charge in [-0.05, 0) is 23.6 Å². The van der Waals surface area contributed by atoms with Crippen LogP contribution < -0.4 is 10.2 Å². The number of thiophene rings is 1. The molecular weight excluding hydrogens is 321 g/mol. The van der Waals surface area contributed by atoms with Crippen LogP contribution in [0.3, 0.4) is 0 Å². The molecule has 1 N–H and O–H groups in total. The number of hydrogen-bond acceptors (Lipinski definition) is 5. The smallest absolute Gasteiger partial charge is 0.239 e. The number of thiazole rings is 1. The van der Waals surface area contributed by atoms with Crippen molar-refractivity contribution in [3.05, 3.63) is 46.4 Å². The summed E-state index contributed by atoms with van der Waals surface area (Å²) in [5, 5.41) is 5.47. The molecule has 0 unspecified atom stereocenters. The number of anilines is 1. The van der Waals surface area contributed by atoms with Gasteiger partial charge in [0.05, 0.1) is 17.8 Å². The molecule has 0 aliphatic heterocycles. The normalized spacial score (nSPS) is 10.8. The monoisotopic (exact) mass is 335 g/mol. The van der Waals surface area contributed by atoms with E-state index < -0.39 is 0 Å². The molecule has 4 nitrogen and oxygen atoms in total. The minimum Gasteiger partial charge on any atom is -0.350 e. The van der Waals surface area contributed by atoms with Crippen LogP contribution in [-0.4, -0.2) is 24.5 Å². The number of para-hydroxylation sites is 1. The Morgan fingerprint density at radius 2 is 2.23 bits per heavy atom. The van der Waals surface area contributed by atoms with Crippen molar-refractivity contribution in [2.45, 2.75) is 6.54 Å². The first-order valence-corrected chi connectivity index (χ1v) is 8.38. The Morgan fingerprint density at radius 3 is 2.95 bits per heavy atom. The average Bonchev–Trinajstić information content (AvgIpc) is 3.15. The first kappa shape index (κ1) is 14.9. The van der Waals surface area contributed by atoms with E-state index in [0.717, 1.165) is 9.58 Å². The maximum atomic E-state index is 13.7. The van der Waals surface area contributed by atoms with Crippen LogP contribution in [0, 0.1) is 5.82 Å². The molecule has 1 aromatic carbocycles. The van der Waals surface area contributed by atoms with E-state index in [9.17, 15) is 9.18 Å². The van der Waals surface area contributed by atoms with Gasteiger partial charge in [-0.15, -0.1) is 11.3 Å². The summed E-state index contributed by atoms with van der Waals surface area (Å²) < 4.78 is 14.4. The molecule has 0 spiro atoms. The molecule has 0 radical (unpaired) electrons. The highest BCUT2D eigenvalue weighted by Crippen LogP contribution is 2.29. The summed E-state index contributed by atoms with van der Waals surface area (Å²) in [4.78, 5) is 19.1. The zero-order chi connectivity index (χ0) is 15.5. The molecule has 3 aromatic rings. The van der Waals surface area contributed by atoms with E-state index >= 15 is 0 Å². The minimum atomic E-state index is -0.337. The first-order chi connectivity index (χ1) is 10.6. The number of halogens is 1. The fraction of sp³-hybridized carbons (Fsp3) is 0.200. The summed E-state index contributed by atoms with van der Waals surface area (Å²) >= 11 is 2.98. The van der Waals surface area contributed by atoms with E-state index in [1.807, 2.05) is 23.6 Å². The SMILES string of the molecule is CN(CC(=O)NCc1cccs1)c1nc2c(F)cccc2s1. The summed E-state index contributed by atoms with van der Waals surface area (Å²) in [5.41, 5.74) is 0.355. The van der Waals surface area contributed by atoms with Crippen LogP contribution in [0.15, 0.2) is 35.7 Å². The van der Waals surface area contributed by atoms with Crippen LogP contribution in [-0.2, 0) is 11.3 Å². The van der Waals surface area contributed by atoms with Crippen LogP contribution in [0.4, 0.5) is 9.52 Å². The zero-order valence-electron chi connectivity index (χ0n) is 11.9. The summed E-state index contributed by atoms with van der Waals surface area (Å²) in [6.45, 7) is 0.714. The van der Waals surface area contributed by atoms with Crippen molar-refractivity contribution in [3.8, 4) is 0 Å². The van der Waals surface area contributed by atoms with Gasteiger partial charge in [0.25, 0.3) is 0 Å². The van der Waals surface area contributed by atoms with E-state index in [1.165, 1.54) is 17.4 Å². The molecule has 0 aliphatic carbocycles. The Balaban J connectivity index is 1.63. The molecule has 3 rings (SSSR count). The Kier molecular flexibility index (Phi) is 4.35. The predicted molar refractivity (Wildman–Crippen MR) is 89.0 cm³/mol. The van der Waals surface area contributed by atoms with Crippen molar-refractivity contribution in [2.24, 2.45) is 0 Å². The van der Waals surface area contributed by atoms with Crippen molar-refractivity contribution in [1.29, 1.82) is 0 Å². The van der Waals surface area contributed by atoms with Gasteiger partial charge in [0.2, 0.25) is 5.91 Å². The number of benzene rings is 1. The largest absolute Gasteiger partial charge is 0.350 e. The maximum Gasteiger partial charge on any atom is 0.239 e. The Morgan fingerprint density at radius 1 is 1.36 bits per heavy atom. The van der Waals surface area contributed by atoms with Crippen molar-refractivity contribution in [3.63, 3.8) is 0 Å². The number of carbonyl (C=O) groups excluding carboxylic acids is 1. The van der Waals surface area contributed by atoms with Crippen molar-refractivity contribution < 1.29 is 9.18 Å². The van der Waals surface area contributed by atoms with Gasteiger partial charge in [-0.1, -0.05) is 23.5 Å². The lowest BCUT2D eigenvalue weighted by atomic mass is 10.3. The first-order valence-electron chi connectivity index (χ1n) is 6.69.